The van der Waals surface area contributed by atoms with Gasteiger partial charge in [-0.05, 0) is 36.2 Å². The van der Waals surface area contributed by atoms with Gasteiger partial charge in [0.05, 0.1) is 5.56 Å². The van der Waals surface area contributed by atoms with Crippen LogP contribution in [0.2, 0.25) is 0 Å². The van der Waals surface area contributed by atoms with Gasteiger partial charge in [0.2, 0.25) is 0 Å². The summed E-state index contributed by atoms with van der Waals surface area (Å²) in [6, 6.07) is 2.55. The van der Waals surface area contributed by atoms with Gasteiger partial charge in [-0.1, -0.05) is 0 Å². The van der Waals surface area contributed by atoms with Gasteiger partial charge in [0.25, 0.3) is 0 Å². The van der Waals surface area contributed by atoms with Crippen molar-refractivity contribution in [2.24, 2.45) is 0 Å². The summed E-state index contributed by atoms with van der Waals surface area (Å²) in [4.78, 5) is 10.8. The molecule has 0 bridgehead atoms. The quantitative estimate of drug-likeness (QED) is 0.772. The van der Waals surface area contributed by atoms with Crippen LogP contribution in [0.15, 0.2) is 12.1 Å². The molecule has 3 nitrogen and oxygen atoms in total. The average Bonchev–Trinajstić information content (AvgIpc) is 2.18. The van der Waals surface area contributed by atoms with Gasteiger partial charge in [0.1, 0.15) is 5.82 Å². The molecule has 1 aliphatic heterocycles. The first-order valence-electron chi connectivity index (χ1n) is 4.44. The third-order valence-electron chi connectivity index (χ3n) is 2.46. The van der Waals surface area contributed by atoms with Crippen molar-refractivity contribution in [3.05, 3.63) is 34.6 Å². The number of carboxylic acids is 1. The number of carboxylic acid groups (broad SMARTS) is 1. The van der Waals surface area contributed by atoms with Crippen LogP contribution >= 0.6 is 12.4 Å². The Morgan fingerprint density at radius 2 is 2.13 bits per heavy atom. The molecule has 5 heteroatoms. The van der Waals surface area contributed by atoms with Gasteiger partial charge < -0.3 is 10.4 Å². The molecule has 82 valence electrons. The first-order valence-corrected chi connectivity index (χ1v) is 4.44. The Labute approximate surface area is 92.7 Å². The smallest absolute Gasteiger partial charge is 0.336 e. The maximum atomic E-state index is 13.3. The van der Waals surface area contributed by atoms with E-state index in [1.807, 2.05) is 0 Å². The van der Waals surface area contributed by atoms with Crippen LogP contribution in [0.5, 0.6) is 0 Å². The second-order valence-electron chi connectivity index (χ2n) is 3.28. The summed E-state index contributed by atoms with van der Waals surface area (Å²) in [7, 11) is 0. The molecule has 0 fully saturated rings. The molecule has 0 atom stereocenters. The maximum Gasteiger partial charge on any atom is 0.336 e. The number of halogens is 2. The van der Waals surface area contributed by atoms with Crippen LogP contribution in [0.4, 0.5) is 4.39 Å². The van der Waals surface area contributed by atoms with Gasteiger partial charge in [0, 0.05) is 6.54 Å². The minimum atomic E-state index is -0.995. The summed E-state index contributed by atoms with van der Waals surface area (Å²) in [5.41, 5.74) is 1.33. The number of nitrogens with one attached hydrogen (secondary N) is 1. The Kier molecular flexibility index (Phi) is 3.66. The fraction of sp³-hybridized carbons (Fsp3) is 0.300. The predicted octanol–water partition coefficient (Wildman–Crippen LogP) is 1.59. The Bertz CT molecular complexity index is 395. The van der Waals surface area contributed by atoms with Crippen molar-refractivity contribution in [1.29, 1.82) is 0 Å². The van der Waals surface area contributed by atoms with Crippen molar-refractivity contribution in [2.75, 3.05) is 6.54 Å². The molecular weight excluding hydrogens is 221 g/mol. The zero-order valence-corrected chi connectivity index (χ0v) is 8.73. The molecule has 2 rings (SSSR count). The van der Waals surface area contributed by atoms with Gasteiger partial charge in [-0.2, -0.15) is 0 Å². The third-order valence-corrected chi connectivity index (χ3v) is 2.46. The molecule has 0 spiro atoms. The monoisotopic (exact) mass is 231 g/mol. The van der Waals surface area contributed by atoms with E-state index in [-0.39, 0.29) is 23.8 Å². The van der Waals surface area contributed by atoms with Crippen LogP contribution in [0.1, 0.15) is 21.5 Å². The van der Waals surface area contributed by atoms with Crippen molar-refractivity contribution in [3.8, 4) is 0 Å². The summed E-state index contributed by atoms with van der Waals surface area (Å²) in [5.74, 6) is -1.29. The number of hydrogen-bond acceptors (Lipinski definition) is 2. The molecule has 1 aromatic rings. The standard InChI is InChI=1S/C10H10FNO2.ClH/c11-9-2-1-7(10(13)14)8-5-12-4-3-6(8)9;/h1-2,12H,3-5H2,(H,13,14);1H. The van der Waals surface area contributed by atoms with E-state index in [0.29, 0.717) is 30.6 Å². The van der Waals surface area contributed by atoms with E-state index >= 15 is 0 Å². The SMILES string of the molecule is Cl.O=C(O)c1ccc(F)c2c1CNCC2. The van der Waals surface area contributed by atoms with E-state index in [2.05, 4.69) is 5.32 Å². The van der Waals surface area contributed by atoms with E-state index in [0.717, 1.165) is 0 Å². The molecule has 0 aliphatic carbocycles. The zero-order valence-electron chi connectivity index (χ0n) is 7.92. The second kappa shape index (κ2) is 4.59. The Hall–Kier alpha value is -1.13. The van der Waals surface area contributed by atoms with Gasteiger partial charge in [-0.15, -0.1) is 12.4 Å². The molecule has 0 unspecified atom stereocenters. The summed E-state index contributed by atoms with van der Waals surface area (Å²) in [6.45, 7) is 1.14. The third kappa shape index (κ3) is 2.11. The molecule has 1 aliphatic rings. The Morgan fingerprint density at radius 3 is 2.80 bits per heavy atom. The highest BCUT2D eigenvalue weighted by Gasteiger charge is 2.19. The van der Waals surface area contributed by atoms with Crippen molar-refractivity contribution in [2.45, 2.75) is 13.0 Å². The molecular formula is C10H11ClFNO2. The number of carbonyl (C=O) groups is 1. The van der Waals surface area contributed by atoms with Crippen LogP contribution in [0, 0.1) is 5.82 Å². The first-order chi connectivity index (χ1) is 6.70. The molecule has 0 aromatic heterocycles. The van der Waals surface area contributed by atoms with Crippen LogP contribution in [0.25, 0.3) is 0 Å². The lowest BCUT2D eigenvalue weighted by atomic mass is 9.95. The summed E-state index contributed by atoms with van der Waals surface area (Å²) >= 11 is 0. The van der Waals surface area contributed by atoms with Gasteiger partial charge in [-0.25, -0.2) is 9.18 Å². The van der Waals surface area contributed by atoms with Crippen molar-refractivity contribution in [3.63, 3.8) is 0 Å². The van der Waals surface area contributed by atoms with Crippen LogP contribution in [0.3, 0.4) is 0 Å². The topological polar surface area (TPSA) is 49.3 Å². The maximum absolute atomic E-state index is 13.3. The molecule has 1 heterocycles. The number of rotatable bonds is 1. The lowest BCUT2D eigenvalue weighted by Crippen LogP contribution is -2.26. The fourth-order valence-electron chi connectivity index (χ4n) is 1.76. The van der Waals surface area contributed by atoms with Crippen molar-refractivity contribution in [1.82, 2.24) is 5.32 Å². The van der Waals surface area contributed by atoms with Crippen LogP contribution in [-0.2, 0) is 13.0 Å². The van der Waals surface area contributed by atoms with Gasteiger partial charge >= 0.3 is 5.97 Å². The first kappa shape index (κ1) is 11.9. The second-order valence-corrected chi connectivity index (χ2v) is 3.28. The van der Waals surface area contributed by atoms with E-state index in [4.69, 9.17) is 5.11 Å². The summed E-state index contributed by atoms with van der Waals surface area (Å²) in [6.07, 6.45) is 0.558. The van der Waals surface area contributed by atoms with E-state index < -0.39 is 5.97 Å². The fourth-order valence-corrected chi connectivity index (χ4v) is 1.76. The van der Waals surface area contributed by atoms with Gasteiger partial charge in [-0.3, -0.25) is 0 Å². The van der Waals surface area contributed by atoms with Crippen LogP contribution in [-0.4, -0.2) is 17.6 Å². The summed E-state index contributed by atoms with van der Waals surface area (Å²) < 4.78 is 13.3. The van der Waals surface area contributed by atoms with Crippen LogP contribution < -0.4 is 5.32 Å². The zero-order chi connectivity index (χ0) is 10.1. The highest BCUT2D eigenvalue weighted by molar-refractivity contribution is 5.89. The van der Waals surface area contributed by atoms with Gasteiger partial charge in [0.15, 0.2) is 0 Å². The molecule has 2 N–H and O–H groups in total. The minimum absolute atomic E-state index is 0. The lowest BCUT2D eigenvalue weighted by molar-refractivity contribution is 0.0695. The number of hydrogen-bond donors (Lipinski definition) is 2. The summed E-state index contributed by atoms with van der Waals surface area (Å²) in [5, 5.41) is 11.9. The molecule has 0 radical (unpaired) electrons. The normalized spacial score (nSPS) is 13.9. The Morgan fingerprint density at radius 1 is 1.40 bits per heavy atom. The predicted molar refractivity (Wildman–Crippen MR) is 56.0 cm³/mol. The highest BCUT2D eigenvalue weighted by Crippen LogP contribution is 2.21. The van der Waals surface area contributed by atoms with E-state index in [9.17, 15) is 9.18 Å². The largest absolute Gasteiger partial charge is 0.478 e. The van der Waals surface area contributed by atoms with Crippen molar-refractivity contribution >= 4 is 18.4 Å². The lowest BCUT2D eigenvalue weighted by Gasteiger charge is -2.19. The van der Waals surface area contributed by atoms with Crippen molar-refractivity contribution < 1.29 is 14.3 Å². The van der Waals surface area contributed by atoms with E-state index in [1.54, 1.807) is 0 Å². The van der Waals surface area contributed by atoms with E-state index in [1.165, 1.54) is 12.1 Å². The molecule has 0 amide bonds. The minimum Gasteiger partial charge on any atom is -0.478 e. The number of aromatic carboxylic acids is 1. The molecule has 0 saturated carbocycles. The number of fused-ring (bicyclic) bond motifs is 1. The molecule has 0 saturated heterocycles. The number of benzene rings is 1. The molecule has 15 heavy (non-hydrogen) atoms. The highest BCUT2D eigenvalue weighted by atomic mass is 35.5. The Balaban J connectivity index is 0.00000112. The molecule has 1 aromatic carbocycles. The average molecular weight is 232 g/mol.